The molecule has 23 heavy (non-hydrogen) atoms. The summed E-state index contributed by atoms with van der Waals surface area (Å²) in [6.07, 6.45) is 4.63. The maximum atomic E-state index is 11.8. The van der Waals surface area contributed by atoms with E-state index < -0.39 is 0 Å². The summed E-state index contributed by atoms with van der Waals surface area (Å²) in [6, 6.07) is 6.48. The Labute approximate surface area is 134 Å². The largest absolute Gasteiger partial charge is 0.497 e. The van der Waals surface area contributed by atoms with Crippen molar-refractivity contribution in [3.8, 4) is 5.75 Å². The van der Waals surface area contributed by atoms with Crippen LogP contribution in [0.1, 0.15) is 30.1 Å². The molecule has 0 spiro atoms. The van der Waals surface area contributed by atoms with Crippen LogP contribution in [-0.2, 0) is 16.0 Å². The van der Waals surface area contributed by atoms with E-state index >= 15 is 0 Å². The number of aromatic nitrogens is 1. The van der Waals surface area contributed by atoms with Crippen molar-refractivity contribution in [2.75, 3.05) is 20.8 Å². The molecule has 0 unspecified atom stereocenters. The second kappa shape index (κ2) is 5.33. The molecule has 0 saturated carbocycles. The van der Waals surface area contributed by atoms with Crippen molar-refractivity contribution >= 4 is 16.9 Å². The highest BCUT2D eigenvalue weighted by atomic mass is 16.5. The Morgan fingerprint density at radius 2 is 2.17 bits per heavy atom. The molecule has 1 aromatic carbocycles. The van der Waals surface area contributed by atoms with Gasteiger partial charge in [-0.05, 0) is 43.0 Å². The van der Waals surface area contributed by atoms with Crippen molar-refractivity contribution in [3.05, 3.63) is 41.2 Å². The highest BCUT2D eigenvalue weighted by molar-refractivity contribution is 5.89. The number of carbonyl (C=O) groups excluding carboxylic acids is 1. The molecule has 0 bridgehead atoms. The third kappa shape index (κ3) is 2.19. The maximum Gasteiger partial charge on any atom is 0.335 e. The van der Waals surface area contributed by atoms with Crippen molar-refractivity contribution in [1.82, 2.24) is 9.88 Å². The molecule has 3 heterocycles. The van der Waals surface area contributed by atoms with Gasteiger partial charge in [-0.1, -0.05) is 0 Å². The molecular weight excluding hydrogens is 292 g/mol. The first-order chi connectivity index (χ1) is 11.2. The van der Waals surface area contributed by atoms with Crippen LogP contribution in [0, 0.1) is 0 Å². The van der Waals surface area contributed by atoms with Gasteiger partial charge in [0.05, 0.1) is 25.8 Å². The number of methoxy groups -OCH3 is 2. The van der Waals surface area contributed by atoms with Crippen LogP contribution >= 0.6 is 0 Å². The topological polar surface area (TPSA) is 54.6 Å². The van der Waals surface area contributed by atoms with E-state index in [0.29, 0.717) is 6.04 Å². The van der Waals surface area contributed by atoms with E-state index in [4.69, 9.17) is 9.47 Å². The van der Waals surface area contributed by atoms with Gasteiger partial charge in [0.25, 0.3) is 0 Å². The van der Waals surface area contributed by atoms with Gasteiger partial charge in [-0.2, -0.15) is 0 Å². The lowest BCUT2D eigenvalue weighted by Gasteiger charge is -2.38. The highest BCUT2D eigenvalue weighted by Gasteiger charge is 2.32. The molecule has 120 valence electrons. The number of rotatable bonds is 2. The molecule has 0 radical (unpaired) electrons. The standard InChI is InChI=1S/C18H20N2O3/c1-22-12-4-5-15-14(9-12)13-7-8-20-10-11(18(21)23-2)3-6-16(20)17(13)19-15/h4-5,9-10,16,19H,3,6-8H2,1-2H3/t16-/m1/s1. The zero-order valence-electron chi connectivity index (χ0n) is 13.4. The Hall–Kier alpha value is -2.43. The van der Waals surface area contributed by atoms with Gasteiger partial charge < -0.3 is 19.4 Å². The summed E-state index contributed by atoms with van der Waals surface area (Å²) in [7, 11) is 3.14. The van der Waals surface area contributed by atoms with E-state index in [1.54, 1.807) is 7.11 Å². The lowest BCUT2D eigenvalue weighted by Crippen LogP contribution is -2.35. The molecule has 0 amide bonds. The Morgan fingerprint density at radius 1 is 1.30 bits per heavy atom. The number of esters is 1. The van der Waals surface area contributed by atoms with Gasteiger partial charge in [-0.3, -0.25) is 0 Å². The van der Waals surface area contributed by atoms with E-state index in [2.05, 4.69) is 22.0 Å². The smallest absolute Gasteiger partial charge is 0.335 e. The van der Waals surface area contributed by atoms with Gasteiger partial charge in [0.2, 0.25) is 0 Å². The molecule has 1 aromatic heterocycles. The molecule has 1 N–H and O–H groups in total. The summed E-state index contributed by atoms with van der Waals surface area (Å²) in [5.74, 6) is 0.675. The molecule has 0 saturated heterocycles. The van der Waals surface area contributed by atoms with Gasteiger partial charge >= 0.3 is 5.97 Å². The number of H-pyrrole nitrogens is 1. The van der Waals surface area contributed by atoms with Gasteiger partial charge in [0.1, 0.15) is 5.75 Å². The Balaban J connectivity index is 1.74. The van der Waals surface area contributed by atoms with Crippen LogP contribution < -0.4 is 4.74 Å². The predicted molar refractivity (Wildman–Crippen MR) is 87.3 cm³/mol. The van der Waals surface area contributed by atoms with Crippen molar-refractivity contribution < 1.29 is 14.3 Å². The maximum absolute atomic E-state index is 11.8. The van der Waals surface area contributed by atoms with Crippen LogP contribution in [0.3, 0.4) is 0 Å². The molecule has 1 atom stereocenters. The van der Waals surface area contributed by atoms with Gasteiger partial charge in [0.15, 0.2) is 0 Å². The molecule has 5 nitrogen and oxygen atoms in total. The number of ether oxygens (including phenoxy) is 2. The third-order valence-electron chi connectivity index (χ3n) is 4.96. The SMILES string of the molecule is COC(=O)C1=CN2CCc3c([nH]c4ccc(OC)cc34)[C@H]2CC1. The quantitative estimate of drug-likeness (QED) is 0.866. The number of hydrogen-bond acceptors (Lipinski definition) is 4. The molecule has 2 aromatic rings. The van der Waals surface area contributed by atoms with Crippen LogP contribution in [0.2, 0.25) is 0 Å². The number of nitrogens with zero attached hydrogens (tertiary/aromatic N) is 1. The molecule has 2 aliphatic rings. The second-order valence-electron chi connectivity index (χ2n) is 6.12. The number of nitrogens with one attached hydrogen (secondary N) is 1. The minimum absolute atomic E-state index is 0.212. The van der Waals surface area contributed by atoms with Crippen LogP contribution in [-0.4, -0.2) is 36.6 Å². The number of fused-ring (bicyclic) bond motifs is 5. The molecule has 0 aliphatic carbocycles. The molecule has 5 heteroatoms. The predicted octanol–water partition coefficient (Wildman–Crippen LogP) is 2.93. The minimum atomic E-state index is -0.212. The fraction of sp³-hybridized carbons (Fsp3) is 0.389. The van der Waals surface area contributed by atoms with Crippen LogP contribution in [0.15, 0.2) is 30.0 Å². The summed E-state index contributed by atoms with van der Waals surface area (Å²) < 4.78 is 10.2. The zero-order chi connectivity index (χ0) is 16.0. The van der Waals surface area contributed by atoms with Crippen LogP contribution in [0.5, 0.6) is 5.75 Å². The molecule has 2 aliphatic heterocycles. The van der Waals surface area contributed by atoms with Crippen molar-refractivity contribution in [2.45, 2.75) is 25.3 Å². The highest BCUT2D eigenvalue weighted by Crippen LogP contribution is 2.41. The molecule has 0 fully saturated rings. The number of aromatic amines is 1. The van der Waals surface area contributed by atoms with Crippen molar-refractivity contribution in [3.63, 3.8) is 0 Å². The van der Waals surface area contributed by atoms with Crippen LogP contribution in [0.25, 0.3) is 10.9 Å². The average molecular weight is 312 g/mol. The summed E-state index contributed by atoms with van der Waals surface area (Å²) in [4.78, 5) is 17.6. The first-order valence-corrected chi connectivity index (χ1v) is 7.94. The number of benzene rings is 1. The number of hydrogen-bond donors (Lipinski definition) is 1. The van der Waals surface area contributed by atoms with E-state index in [0.717, 1.165) is 42.6 Å². The monoisotopic (exact) mass is 312 g/mol. The first-order valence-electron chi connectivity index (χ1n) is 7.94. The van der Waals surface area contributed by atoms with Crippen molar-refractivity contribution in [2.24, 2.45) is 0 Å². The summed E-state index contributed by atoms with van der Waals surface area (Å²) in [5.41, 5.74) is 4.58. The average Bonchev–Trinajstić information content (AvgIpc) is 2.98. The minimum Gasteiger partial charge on any atom is -0.497 e. The zero-order valence-corrected chi connectivity index (χ0v) is 13.4. The summed E-state index contributed by atoms with van der Waals surface area (Å²) in [6.45, 7) is 0.919. The van der Waals surface area contributed by atoms with Gasteiger partial charge in [-0.15, -0.1) is 0 Å². The van der Waals surface area contributed by atoms with Crippen molar-refractivity contribution in [1.29, 1.82) is 0 Å². The fourth-order valence-corrected chi connectivity index (χ4v) is 3.80. The fourth-order valence-electron chi connectivity index (χ4n) is 3.80. The third-order valence-corrected chi connectivity index (χ3v) is 4.96. The normalized spacial score (nSPS) is 19.8. The van der Waals surface area contributed by atoms with Crippen LogP contribution in [0.4, 0.5) is 0 Å². The van der Waals surface area contributed by atoms with Gasteiger partial charge in [0, 0.05) is 29.3 Å². The van der Waals surface area contributed by atoms with E-state index in [9.17, 15) is 4.79 Å². The van der Waals surface area contributed by atoms with E-state index in [1.165, 1.54) is 23.8 Å². The lowest BCUT2D eigenvalue weighted by molar-refractivity contribution is -0.136. The Bertz CT molecular complexity index is 806. The summed E-state index contributed by atoms with van der Waals surface area (Å²) in [5, 5.41) is 1.25. The van der Waals surface area contributed by atoms with Gasteiger partial charge in [-0.25, -0.2) is 4.79 Å². The Kier molecular flexibility index (Phi) is 3.29. The van der Waals surface area contributed by atoms with E-state index in [-0.39, 0.29) is 5.97 Å². The summed E-state index contributed by atoms with van der Waals surface area (Å²) >= 11 is 0. The lowest BCUT2D eigenvalue weighted by atomic mass is 9.90. The molecular formula is C18H20N2O3. The molecule has 4 rings (SSSR count). The Morgan fingerprint density at radius 3 is 2.96 bits per heavy atom. The van der Waals surface area contributed by atoms with E-state index in [1.807, 2.05) is 12.3 Å². The number of carbonyl (C=O) groups is 1. The first kappa shape index (κ1) is 14.2. The second-order valence-corrected chi connectivity index (χ2v) is 6.12.